The molecule has 0 unspecified atom stereocenters. The van der Waals surface area contributed by atoms with Gasteiger partial charge in [-0.2, -0.15) is 0 Å². The zero-order valence-corrected chi connectivity index (χ0v) is 33.2. The average Bonchev–Trinajstić information content (AvgIpc) is 3.88. The molecule has 0 radical (unpaired) electrons. The van der Waals surface area contributed by atoms with Crippen LogP contribution in [0, 0.1) is 0 Å². The molecule has 2 aromatic heterocycles. The van der Waals surface area contributed by atoms with Gasteiger partial charge in [-0.25, -0.2) is 0 Å². The minimum atomic E-state index is 0.895. The molecule has 3 nitrogen and oxygen atoms in total. The maximum Gasteiger partial charge on any atom is 0.143 e. The van der Waals surface area contributed by atoms with E-state index in [0.717, 1.165) is 66.9 Å². The van der Waals surface area contributed by atoms with Gasteiger partial charge in [0.2, 0.25) is 0 Å². The molecule has 286 valence electrons. The molecule has 0 saturated heterocycles. The van der Waals surface area contributed by atoms with Gasteiger partial charge in [0.1, 0.15) is 11.2 Å². The number of hydrogen-bond donors (Lipinski definition) is 0. The Labute approximate surface area is 353 Å². The molecule has 2 heterocycles. The minimum Gasteiger partial charge on any atom is -0.455 e. The van der Waals surface area contributed by atoms with E-state index in [2.05, 4.69) is 228 Å². The van der Waals surface area contributed by atoms with Crippen molar-refractivity contribution in [2.24, 2.45) is 0 Å². The Balaban J connectivity index is 1.03. The first-order valence-electron chi connectivity index (χ1n) is 20.8. The summed E-state index contributed by atoms with van der Waals surface area (Å²) in [5.41, 5.74) is 15.4. The Hall–Kier alpha value is -8.14. The van der Waals surface area contributed by atoms with Crippen LogP contribution in [0.2, 0.25) is 0 Å². The summed E-state index contributed by atoms with van der Waals surface area (Å²) >= 11 is 0. The quantitative estimate of drug-likeness (QED) is 0.161. The number of furan rings is 1. The lowest BCUT2D eigenvalue weighted by Crippen LogP contribution is -2.10. The molecular formula is C58H38N2O. The Morgan fingerprint density at radius 2 is 0.852 bits per heavy atom. The van der Waals surface area contributed by atoms with Gasteiger partial charge in [0.15, 0.2) is 0 Å². The molecule has 0 spiro atoms. The van der Waals surface area contributed by atoms with Crippen molar-refractivity contribution < 1.29 is 4.42 Å². The third-order valence-electron chi connectivity index (χ3n) is 12.2. The lowest BCUT2D eigenvalue weighted by atomic mass is 9.97. The lowest BCUT2D eigenvalue weighted by Gasteiger charge is -2.27. The van der Waals surface area contributed by atoms with Gasteiger partial charge >= 0.3 is 0 Å². The molecule has 0 fully saturated rings. The summed E-state index contributed by atoms with van der Waals surface area (Å²) in [6.45, 7) is 0. The van der Waals surface area contributed by atoms with Crippen LogP contribution in [-0.2, 0) is 0 Å². The highest BCUT2D eigenvalue weighted by Gasteiger charge is 2.19. The van der Waals surface area contributed by atoms with Crippen LogP contribution in [0.1, 0.15) is 0 Å². The summed E-state index contributed by atoms with van der Waals surface area (Å²) in [5, 5.41) is 7.23. The van der Waals surface area contributed by atoms with E-state index in [1.165, 1.54) is 43.7 Å². The van der Waals surface area contributed by atoms with Gasteiger partial charge in [0, 0.05) is 49.7 Å². The summed E-state index contributed by atoms with van der Waals surface area (Å²) in [5.74, 6) is 0. The van der Waals surface area contributed by atoms with Crippen LogP contribution in [0.4, 0.5) is 17.1 Å². The van der Waals surface area contributed by atoms with Gasteiger partial charge in [0.05, 0.1) is 16.7 Å². The van der Waals surface area contributed by atoms with Crippen molar-refractivity contribution in [3.63, 3.8) is 0 Å². The number of rotatable bonds is 7. The predicted molar refractivity (Wildman–Crippen MR) is 257 cm³/mol. The highest BCUT2D eigenvalue weighted by atomic mass is 16.3. The van der Waals surface area contributed by atoms with Crippen molar-refractivity contribution in [1.29, 1.82) is 0 Å². The van der Waals surface area contributed by atoms with Crippen molar-refractivity contribution in [1.82, 2.24) is 4.57 Å². The summed E-state index contributed by atoms with van der Waals surface area (Å²) in [6, 6.07) is 82.9. The standard InChI is InChI=1S/C58H38N2O/c1-2-21-46-39(15-1)16-13-26-47(46)40-33-35-43(36-34-40)59(45-20-12-18-42(38-45)49-27-14-28-53-52-25-6-10-32-57(52)61-58(49)53)44-19-11-17-41(37-44)48-22-3-7-29-54(48)60-55-30-8-4-23-50(55)51-24-5-9-31-56(51)60/h1-38H. The van der Waals surface area contributed by atoms with E-state index < -0.39 is 0 Å². The van der Waals surface area contributed by atoms with Crippen molar-refractivity contribution in [3.8, 4) is 39.1 Å². The van der Waals surface area contributed by atoms with Gasteiger partial charge in [-0.3, -0.25) is 0 Å². The zero-order chi connectivity index (χ0) is 40.3. The fraction of sp³-hybridized carbons (Fsp3) is 0. The van der Waals surface area contributed by atoms with Crippen LogP contribution in [0.5, 0.6) is 0 Å². The number of aromatic nitrogens is 1. The highest BCUT2D eigenvalue weighted by molar-refractivity contribution is 6.11. The summed E-state index contributed by atoms with van der Waals surface area (Å²) < 4.78 is 8.95. The highest BCUT2D eigenvalue weighted by Crippen LogP contribution is 2.43. The van der Waals surface area contributed by atoms with Crippen molar-refractivity contribution in [2.45, 2.75) is 0 Å². The molecule has 10 aromatic carbocycles. The first-order valence-corrected chi connectivity index (χ1v) is 20.8. The number of benzene rings is 10. The van der Waals surface area contributed by atoms with Crippen LogP contribution in [0.3, 0.4) is 0 Å². The summed E-state index contributed by atoms with van der Waals surface area (Å²) in [6.07, 6.45) is 0. The van der Waals surface area contributed by atoms with Gasteiger partial charge in [-0.1, -0.05) is 170 Å². The molecule has 0 saturated carbocycles. The second-order valence-corrected chi connectivity index (χ2v) is 15.7. The first kappa shape index (κ1) is 34.9. The fourth-order valence-corrected chi connectivity index (χ4v) is 9.41. The predicted octanol–water partition coefficient (Wildman–Crippen LogP) is 16.3. The Kier molecular flexibility index (Phi) is 8.17. The number of nitrogens with zero attached hydrogens (tertiary/aromatic N) is 2. The van der Waals surface area contributed by atoms with E-state index in [-0.39, 0.29) is 0 Å². The molecule has 0 bridgehead atoms. The molecule has 12 rings (SSSR count). The Morgan fingerprint density at radius 1 is 0.328 bits per heavy atom. The van der Waals surface area contributed by atoms with Gasteiger partial charge < -0.3 is 13.9 Å². The zero-order valence-electron chi connectivity index (χ0n) is 33.2. The maximum absolute atomic E-state index is 6.54. The van der Waals surface area contributed by atoms with E-state index in [4.69, 9.17) is 4.42 Å². The van der Waals surface area contributed by atoms with Crippen molar-refractivity contribution >= 4 is 71.6 Å². The molecular weight excluding hydrogens is 741 g/mol. The fourth-order valence-electron chi connectivity index (χ4n) is 9.41. The second-order valence-electron chi connectivity index (χ2n) is 15.7. The molecule has 0 N–H and O–H groups in total. The van der Waals surface area contributed by atoms with Gasteiger partial charge in [-0.05, 0) is 93.7 Å². The largest absolute Gasteiger partial charge is 0.455 e. The van der Waals surface area contributed by atoms with Crippen LogP contribution in [-0.4, -0.2) is 4.57 Å². The number of fused-ring (bicyclic) bond motifs is 7. The third kappa shape index (κ3) is 5.82. The molecule has 3 heteroatoms. The van der Waals surface area contributed by atoms with Crippen LogP contribution in [0.25, 0.3) is 93.6 Å². The molecule has 12 aromatic rings. The lowest BCUT2D eigenvalue weighted by molar-refractivity contribution is 0.670. The number of anilines is 3. The molecule has 0 atom stereocenters. The molecule has 61 heavy (non-hydrogen) atoms. The van der Waals surface area contributed by atoms with E-state index in [1.54, 1.807) is 0 Å². The Morgan fingerprint density at radius 3 is 1.61 bits per heavy atom. The molecule has 0 aliphatic heterocycles. The van der Waals surface area contributed by atoms with E-state index in [9.17, 15) is 0 Å². The Bertz CT molecular complexity index is 3550. The number of para-hydroxylation sites is 5. The maximum atomic E-state index is 6.54. The topological polar surface area (TPSA) is 21.3 Å². The van der Waals surface area contributed by atoms with Gasteiger partial charge in [-0.15, -0.1) is 0 Å². The van der Waals surface area contributed by atoms with E-state index in [1.807, 2.05) is 12.1 Å². The average molecular weight is 779 g/mol. The normalized spacial score (nSPS) is 11.6. The van der Waals surface area contributed by atoms with Gasteiger partial charge in [0.25, 0.3) is 0 Å². The monoisotopic (exact) mass is 778 g/mol. The van der Waals surface area contributed by atoms with E-state index >= 15 is 0 Å². The van der Waals surface area contributed by atoms with Crippen LogP contribution in [0.15, 0.2) is 235 Å². The third-order valence-corrected chi connectivity index (χ3v) is 12.2. The van der Waals surface area contributed by atoms with Crippen LogP contribution >= 0.6 is 0 Å². The SMILES string of the molecule is c1cc(-c2ccccc2-n2c3ccccc3c3ccccc32)cc(N(c2ccc(-c3cccc4ccccc34)cc2)c2cccc(-c3cccc4c3oc3ccccc34)c2)c1. The van der Waals surface area contributed by atoms with Crippen molar-refractivity contribution in [3.05, 3.63) is 231 Å². The number of hydrogen-bond acceptors (Lipinski definition) is 2. The van der Waals surface area contributed by atoms with E-state index in [0.29, 0.717) is 0 Å². The second kappa shape index (κ2) is 14.3. The molecule has 0 aliphatic rings. The molecule has 0 aliphatic carbocycles. The van der Waals surface area contributed by atoms with Crippen molar-refractivity contribution in [2.75, 3.05) is 4.90 Å². The summed E-state index contributed by atoms with van der Waals surface area (Å²) in [4.78, 5) is 2.38. The van der Waals surface area contributed by atoms with Crippen LogP contribution < -0.4 is 4.90 Å². The molecule has 0 amide bonds. The first-order chi connectivity index (χ1) is 30.3. The minimum absolute atomic E-state index is 0.895. The smallest absolute Gasteiger partial charge is 0.143 e. The summed E-state index contributed by atoms with van der Waals surface area (Å²) in [7, 11) is 0.